The second-order valence-corrected chi connectivity index (χ2v) is 4.27. The molecule has 0 N–H and O–H groups in total. The Bertz CT molecular complexity index is 297. The lowest BCUT2D eigenvalue weighted by Gasteiger charge is -2.14. The van der Waals surface area contributed by atoms with Crippen LogP contribution in [0, 0.1) is 19.7 Å². The standard InChI is InChI=1S/C9H11FIN/c1-6-4-5-8(12(3)11)7(2)9(6)10/h4-5H,1-3H3. The smallest absolute Gasteiger partial charge is 0.131 e. The van der Waals surface area contributed by atoms with Crippen LogP contribution in [0.15, 0.2) is 12.1 Å². The van der Waals surface area contributed by atoms with E-state index in [1.165, 1.54) is 0 Å². The first-order valence-corrected chi connectivity index (χ1v) is 4.65. The summed E-state index contributed by atoms with van der Waals surface area (Å²) in [4.78, 5) is 0. The monoisotopic (exact) mass is 279 g/mol. The van der Waals surface area contributed by atoms with Crippen LogP contribution in [0.3, 0.4) is 0 Å². The van der Waals surface area contributed by atoms with Gasteiger partial charge in [0.1, 0.15) is 5.82 Å². The molecule has 66 valence electrons. The number of halogens is 2. The van der Waals surface area contributed by atoms with Gasteiger partial charge in [-0.25, -0.2) is 4.39 Å². The number of rotatable bonds is 1. The highest BCUT2D eigenvalue weighted by molar-refractivity contribution is 14.1. The third-order valence-corrected chi connectivity index (χ3v) is 2.40. The first-order valence-electron chi connectivity index (χ1n) is 3.69. The van der Waals surface area contributed by atoms with Crippen LogP contribution in [-0.2, 0) is 0 Å². The second-order valence-electron chi connectivity index (χ2n) is 2.82. The molecule has 0 aromatic heterocycles. The molecule has 0 aliphatic rings. The van der Waals surface area contributed by atoms with Gasteiger partial charge in [-0.05, 0) is 25.5 Å². The van der Waals surface area contributed by atoms with Crippen LogP contribution >= 0.6 is 22.9 Å². The van der Waals surface area contributed by atoms with E-state index in [1.54, 1.807) is 19.9 Å². The van der Waals surface area contributed by atoms with Crippen LogP contribution in [-0.4, -0.2) is 7.05 Å². The Kier molecular flexibility index (Phi) is 2.93. The number of aryl methyl sites for hydroxylation is 1. The van der Waals surface area contributed by atoms with Gasteiger partial charge in [0.2, 0.25) is 0 Å². The number of benzene rings is 1. The Labute approximate surface area is 86.1 Å². The Morgan fingerprint density at radius 3 is 2.42 bits per heavy atom. The van der Waals surface area contributed by atoms with Crippen LogP contribution in [0.2, 0.25) is 0 Å². The zero-order valence-electron chi connectivity index (χ0n) is 7.36. The fraction of sp³-hybridized carbons (Fsp3) is 0.333. The normalized spacial score (nSPS) is 10.1. The maximum atomic E-state index is 13.3. The van der Waals surface area contributed by atoms with Gasteiger partial charge in [0.25, 0.3) is 0 Å². The lowest BCUT2D eigenvalue weighted by atomic mass is 10.1. The third kappa shape index (κ3) is 1.71. The molecule has 0 unspecified atom stereocenters. The number of hydrogen-bond donors (Lipinski definition) is 0. The van der Waals surface area contributed by atoms with Crippen LogP contribution in [0.4, 0.5) is 10.1 Å². The SMILES string of the molecule is Cc1ccc(N(C)I)c(C)c1F. The first kappa shape index (κ1) is 9.77. The van der Waals surface area contributed by atoms with Gasteiger partial charge in [-0.15, -0.1) is 0 Å². The van der Waals surface area contributed by atoms with Crippen molar-refractivity contribution in [3.8, 4) is 0 Å². The summed E-state index contributed by atoms with van der Waals surface area (Å²) >= 11 is 2.13. The average molecular weight is 279 g/mol. The molecule has 1 aromatic carbocycles. The summed E-state index contributed by atoms with van der Waals surface area (Å²) in [5, 5.41) is 0. The van der Waals surface area contributed by atoms with E-state index >= 15 is 0 Å². The van der Waals surface area contributed by atoms with Gasteiger partial charge in [0.05, 0.1) is 28.6 Å². The Morgan fingerprint density at radius 2 is 1.92 bits per heavy atom. The molecule has 3 heteroatoms. The molecule has 0 aliphatic carbocycles. The minimum atomic E-state index is -0.101. The van der Waals surface area contributed by atoms with Crippen LogP contribution in [0.5, 0.6) is 0 Å². The van der Waals surface area contributed by atoms with Crippen molar-refractivity contribution in [3.63, 3.8) is 0 Å². The van der Waals surface area contributed by atoms with Crippen molar-refractivity contribution in [3.05, 3.63) is 29.1 Å². The molecule has 1 rings (SSSR count). The molecular weight excluding hydrogens is 268 g/mol. The molecule has 0 radical (unpaired) electrons. The summed E-state index contributed by atoms with van der Waals surface area (Å²) in [7, 11) is 1.90. The quantitative estimate of drug-likeness (QED) is 0.563. The molecule has 0 amide bonds. The maximum Gasteiger partial charge on any atom is 0.131 e. The molecule has 0 saturated heterocycles. The summed E-state index contributed by atoms with van der Waals surface area (Å²) in [6, 6.07) is 3.73. The van der Waals surface area contributed by atoms with E-state index < -0.39 is 0 Å². The maximum absolute atomic E-state index is 13.3. The second kappa shape index (κ2) is 3.60. The van der Waals surface area contributed by atoms with E-state index in [-0.39, 0.29) is 5.82 Å². The summed E-state index contributed by atoms with van der Waals surface area (Å²) in [6.45, 7) is 3.58. The van der Waals surface area contributed by atoms with Gasteiger partial charge in [-0.3, -0.25) is 0 Å². The Morgan fingerprint density at radius 1 is 1.33 bits per heavy atom. The molecule has 1 nitrogen and oxygen atoms in total. The molecule has 0 heterocycles. The van der Waals surface area contributed by atoms with Crippen molar-refractivity contribution >= 4 is 28.6 Å². The van der Waals surface area contributed by atoms with Crippen molar-refractivity contribution in [2.24, 2.45) is 0 Å². The highest BCUT2D eigenvalue weighted by Crippen LogP contribution is 2.25. The van der Waals surface area contributed by atoms with Crippen molar-refractivity contribution in [2.45, 2.75) is 13.8 Å². The van der Waals surface area contributed by atoms with Crippen molar-refractivity contribution in [1.82, 2.24) is 0 Å². The lowest BCUT2D eigenvalue weighted by molar-refractivity contribution is 0.610. The first-order chi connectivity index (χ1) is 5.54. The largest absolute Gasteiger partial charge is 0.318 e. The van der Waals surface area contributed by atoms with Crippen molar-refractivity contribution in [1.29, 1.82) is 0 Å². The molecule has 0 atom stereocenters. The molecule has 0 bridgehead atoms. The van der Waals surface area contributed by atoms with Gasteiger partial charge in [0.15, 0.2) is 0 Å². The molecule has 0 fully saturated rings. The molecular formula is C9H11FIN. The fourth-order valence-corrected chi connectivity index (χ4v) is 1.67. The van der Waals surface area contributed by atoms with Gasteiger partial charge in [0, 0.05) is 12.6 Å². The van der Waals surface area contributed by atoms with Crippen LogP contribution in [0.25, 0.3) is 0 Å². The summed E-state index contributed by atoms with van der Waals surface area (Å²) in [6.07, 6.45) is 0. The van der Waals surface area contributed by atoms with Crippen molar-refractivity contribution < 1.29 is 4.39 Å². The minimum Gasteiger partial charge on any atom is -0.318 e. The van der Waals surface area contributed by atoms with Gasteiger partial charge < -0.3 is 3.11 Å². The van der Waals surface area contributed by atoms with Crippen LogP contribution < -0.4 is 3.11 Å². The van der Waals surface area contributed by atoms with E-state index in [0.29, 0.717) is 11.1 Å². The molecule has 0 saturated carbocycles. The fourth-order valence-electron chi connectivity index (χ4n) is 1.14. The lowest BCUT2D eigenvalue weighted by Crippen LogP contribution is -2.03. The van der Waals surface area contributed by atoms with Gasteiger partial charge >= 0.3 is 0 Å². The minimum absolute atomic E-state index is 0.101. The number of anilines is 1. The highest BCUT2D eigenvalue weighted by atomic mass is 127. The van der Waals surface area contributed by atoms with E-state index in [1.807, 2.05) is 16.2 Å². The van der Waals surface area contributed by atoms with Crippen LogP contribution in [0.1, 0.15) is 11.1 Å². The highest BCUT2D eigenvalue weighted by Gasteiger charge is 2.08. The van der Waals surface area contributed by atoms with E-state index in [2.05, 4.69) is 22.9 Å². The number of nitrogens with zero attached hydrogens (tertiary/aromatic N) is 1. The van der Waals surface area contributed by atoms with Gasteiger partial charge in [-0.1, -0.05) is 6.07 Å². The average Bonchev–Trinajstić information content (AvgIpc) is 2.00. The topological polar surface area (TPSA) is 3.24 Å². The Balaban J connectivity index is 3.27. The van der Waals surface area contributed by atoms with E-state index in [0.717, 1.165) is 5.69 Å². The zero-order chi connectivity index (χ0) is 9.30. The molecule has 0 spiro atoms. The summed E-state index contributed by atoms with van der Waals surface area (Å²) < 4.78 is 15.2. The Hall–Kier alpha value is -0.320. The van der Waals surface area contributed by atoms with E-state index in [4.69, 9.17) is 0 Å². The summed E-state index contributed by atoms with van der Waals surface area (Å²) in [5.41, 5.74) is 2.35. The molecule has 1 aromatic rings. The predicted octanol–water partition coefficient (Wildman–Crippen LogP) is 3.23. The molecule has 0 aliphatic heterocycles. The molecule has 12 heavy (non-hydrogen) atoms. The van der Waals surface area contributed by atoms with Crippen molar-refractivity contribution in [2.75, 3.05) is 10.2 Å². The summed E-state index contributed by atoms with van der Waals surface area (Å²) in [5.74, 6) is -0.101. The zero-order valence-corrected chi connectivity index (χ0v) is 9.52. The number of hydrogen-bond acceptors (Lipinski definition) is 1. The predicted molar refractivity (Wildman–Crippen MR) is 58.3 cm³/mol. The van der Waals surface area contributed by atoms with Gasteiger partial charge in [-0.2, -0.15) is 0 Å². The third-order valence-electron chi connectivity index (χ3n) is 1.88. The van der Waals surface area contributed by atoms with E-state index in [9.17, 15) is 4.39 Å².